The molecule has 0 aliphatic heterocycles. The van der Waals surface area contributed by atoms with Gasteiger partial charge in [-0.1, -0.05) is 11.6 Å². The van der Waals surface area contributed by atoms with E-state index in [1.807, 2.05) is 6.92 Å². The topological polar surface area (TPSA) is 52.6 Å². The molecule has 0 bridgehead atoms. The molecule has 18 heavy (non-hydrogen) atoms. The van der Waals surface area contributed by atoms with Gasteiger partial charge in [0.25, 0.3) is 0 Å². The number of benzene rings is 1. The predicted octanol–water partition coefficient (Wildman–Crippen LogP) is 2.87. The normalized spacial score (nSPS) is 9.94. The Labute approximate surface area is 111 Å². The summed E-state index contributed by atoms with van der Waals surface area (Å²) >= 11 is 5.85. The lowest BCUT2D eigenvalue weighted by atomic mass is 10.1. The highest BCUT2D eigenvalue weighted by molar-refractivity contribution is 6.31. The molecule has 1 aromatic rings. The van der Waals surface area contributed by atoms with Gasteiger partial charge >= 0.3 is 5.97 Å². The number of rotatable bonds is 6. The smallest absolute Gasteiger partial charge is 0.305 e. The van der Waals surface area contributed by atoms with E-state index in [4.69, 9.17) is 16.3 Å². The molecule has 0 radical (unpaired) electrons. The van der Waals surface area contributed by atoms with Crippen LogP contribution in [0.15, 0.2) is 18.2 Å². The van der Waals surface area contributed by atoms with Gasteiger partial charge < -0.3 is 9.47 Å². The summed E-state index contributed by atoms with van der Waals surface area (Å²) in [5.74, 6) is -0.119. The van der Waals surface area contributed by atoms with E-state index >= 15 is 0 Å². The second-order valence-corrected chi connectivity index (χ2v) is 4.01. The van der Waals surface area contributed by atoms with Crippen molar-refractivity contribution in [3.63, 3.8) is 0 Å². The highest BCUT2D eigenvalue weighted by atomic mass is 35.5. The first-order chi connectivity index (χ1) is 8.58. The molecule has 0 aliphatic rings. The molecule has 0 saturated carbocycles. The van der Waals surface area contributed by atoms with Crippen LogP contribution in [0.5, 0.6) is 5.75 Å². The lowest BCUT2D eigenvalue weighted by molar-refractivity contribution is -0.140. The maximum atomic E-state index is 12.0. The van der Waals surface area contributed by atoms with Gasteiger partial charge in [0.2, 0.25) is 0 Å². The molecule has 0 heterocycles. The summed E-state index contributed by atoms with van der Waals surface area (Å²) in [6.45, 7) is 2.29. The minimum atomic E-state index is -0.414. The van der Waals surface area contributed by atoms with Crippen LogP contribution < -0.4 is 4.74 Å². The van der Waals surface area contributed by atoms with E-state index in [-0.39, 0.29) is 18.6 Å². The molecular weight excluding hydrogens is 256 g/mol. The number of esters is 1. The molecular formula is C13H15ClO4. The van der Waals surface area contributed by atoms with E-state index in [0.29, 0.717) is 22.9 Å². The fourth-order valence-corrected chi connectivity index (χ4v) is 1.63. The molecule has 0 aromatic heterocycles. The molecule has 0 spiro atoms. The van der Waals surface area contributed by atoms with E-state index < -0.39 is 5.97 Å². The minimum absolute atomic E-state index is 0.0490. The van der Waals surface area contributed by atoms with Gasteiger partial charge in [0.15, 0.2) is 5.78 Å². The number of hydrogen-bond acceptors (Lipinski definition) is 4. The molecule has 0 fully saturated rings. The zero-order valence-corrected chi connectivity index (χ0v) is 11.1. The summed E-state index contributed by atoms with van der Waals surface area (Å²) < 4.78 is 9.84. The van der Waals surface area contributed by atoms with Crippen LogP contribution in [-0.2, 0) is 9.53 Å². The van der Waals surface area contributed by atoms with Gasteiger partial charge in [-0.05, 0) is 25.1 Å². The van der Waals surface area contributed by atoms with Crippen molar-refractivity contribution in [3.8, 4) is 5.75 Å². The first-order valence-electron chi connectivity index (χ1n) is 5.60. The number of methoxy groups -OCH3 is 1. The molecule has 4 nitrogen and oxygen atoms in total. The number of hydrogen-bond donors (Lipinski definition) is 0. The van der Waals surface area contributed by atoms with Crippen LogP contribution in [0.25, 0.3) is 0 Å². The Hall–Kier alpha value is -1.55. The van der Waals surface area contributed by atoms with Crippen LogP contribution in [-0.4, -0.2) is 25.5 Å². The number of carbonyl (C=O) groups is 2. The molecule has 0 unspecified atom stereocenters. The zero-order valence-electron chi connectivity index (χ0n) is 10.4. The van der Waals surface area contributed by atoms with Crippen LogP contribution >= 0.6 is 11.6 Å². The van der Waals surface area contributed by atoms with Crippen molar-refractivity contribution in [1.82, 2.24) is 0 Å². The third-order valence-electron chi connectivity index (χ3n) is 2.33. The molecule has 0 amide bonds. The van der Waals surface area contributed by atoms with Gasteiger partial charge in [0, 0.05) is 11.4 Å². The second kappa shape index (κ2) is 7.01. The van der Waals surface area contributed by atoms with Crippen molar-refractivity contribution >= 4 is 23.4 Å². The molecule has 5 heteroatoms. The van der Waals surface area contributed by atoms with Gasteiger partial charge in [0.1, 0.15) is 5.75 Å². The average Bonchev–Trinajstić information content (AvgIpc) is 2.37. The number of Topliss-reactive ketones (excluding diaryl/α,β-unsaturated/α-hetero) is 1. The lowest BCUT2D eigenvalue weighted by Gasteiger charge is -2.09. The fourth-order valence-electron chi connectivity index (χ4n) is 1.45. The van der Waals surface area contributed by atoms with Crippen molar-refractivity contribution < 1.29 is 19.1 Å². The molecule has 0 atom stereocenters. The van der Waals surface area contributed by atoms with Crippen LogP contribution in [0.1, 0.15) is 30.1 Å². The largest absolute Gasteiger partial charge is 0.493 e. The molecule has 1 aromatic carbocycles. The van der Waals surface area contributed by atoms with E-state index in [1.165, 1.54) is 7.11 Å². The molecule has 0 N–H and O–H groups in total. The monoisotopic (exact) mass is 270 g/mol. The van der Waals surface area contributed by atoms with Gasteiger partial charge in [-0.3, -0.25) is 9.59 Å². The van der Waals surface area contributed by atoms with Crippen molar-refractivity contribution in [2.45, 2.75) is 19.8 Å². The number of carbonyl (C=O) groups excluding carboxylic acids is 2. The predicted molar refractivity (Wildman–Crippen MR) is 68.2 cm³/mol. The second-order valence-electron chi connectivity index (χ2n) is 3.57. The Bertz CT molecular complexity index is 443. The van der Waals surface area contributed by atoms with Crippen molar-refractivity contribution in [3.05, 3.63) is 28.8 Å². The average molecular weight is 271 g/mol. The summed E-state index contributed by atoms with van der Waals surface area (Å²) in [4.78, 5) is 23.0. The van der Waals surface area contributed by atoms with Crippen LogP contribution in [0.2, 0.25) is 5.02 Å². The van der Waals surface area contributed by atoms with Crippen molar-refractivity contribution in [2.24, 2.45) is 0 Å². The number of halogens is 1. The highest BCUT2D eigenvalue weighted by Gasteiger charge is 2.15. The maximum absolute atomic E-state index is 12.0. The first kappa shape index (κ1) is 14.5. The minimum Gasteiger partial charge on any atom is -0.493 e. The summed E-state index contributed by atoms with van der Waals surface area (Å²) in [5, 5.41) is 0.458. The Kier molecular flexibility index (Phi) is 5.65. The van der Waals surface area contributed by atoms with Crippen molar-refractivity contribution in [1.29, 1.82) is 0 Å². The third kappa shape index (κ3) is 4.04. The van der Waals surface area contributed by atoms with E-state index in [0.717, 1.165) is 0 Å². The quantitative estimate of drug-likeness (QED) is 0.589. The number of ketones is 1. The van der Waals surface area contributed by atoms with E-state index in [1.54, 1.807) is 18.2 Å². The molecule has 0 saturated heterocycles. The molecule has 1 rings (SSSR count). The highest BCUT2D eigenvalue weighted by Crippen LogP contribution is 2.24. The lowest BCUT2D eigenvalue weighted by Crippen LogP contribution is -2.08. The standard InChI is InChI=1S/C13H15ClO4/c1-3-18-12-6-4-9(14)8-10(12)11(15)5-7-13(16)17-2/h4,6,8H,3,5,7H2,1-2H3. The summed E-state index contributed by atoms with van der Waals surface area (Å²) in [6.07, 6.45) is 0.125. The Balaban J connectivity index is 2.82. The Morgan fingerprint density at radius 1 is 1.28 bits per heavy atom. The van der Waals surface area contributed by atoms with Gasteiger partial charge in [-0.15, -0.1) is 0 Å². The fraction of sp³-hybridized carbons (Fsp3) is 0.385. The first-order valence-corrected chi connectivity index (χ1v) is 5.98. The van der Waals surface area contributed by atoms with E-state index in [9.17, 15) is 9.59 Å². The van der Waals surface area contributed by atoms with Gasteiger partial charge in [-0.2, -0.15) is 0 Å². The Morgan fingerprint density at radius 3 is 2.61 bits per heavy atom. The SMILES string of the molecule is CCOc1ccc(Cl)cc1C(=O)CCC(=O)OC. The maximum Gasteiger partial charge on any atom is 0.305 e. The van der Waals surface area contributed by atoms with Crippen LogP contribution in [0.3, 0.4) is 0 Å². The summed E-state index contributed by atoms with van der Waals surface area (Å²) in [5.41, 5.74) is 0.397. The van der Waals surface area contributed by atoms with E-state index in [2.05, 4.69) is 4.74 Å². The summed E-state index contributed by atoms with van der Waals surface area (Å²) in [6, 6.07) is 4.85. The Morgan fingerprint density at radius 2 is 2.00 bits per heavy atom. The van der Waals surface area contributed by atoms with Crippen molar-refractivity contribution in [2.75, 3.05) is 13.7 Å². The van der Waals surface area contributed by atoms with Gasteiger partial charge in [0.05, 0.1) is 25.7 Å². The molecule has 0 aliphatic carbocycles. The molecule has 98 valence electrons. The third-order valence-corrected chi connectivity index (χ3v) is 2.56. The van der Waals surface area contributed by atoms with Crippen LogP contribution in [0, 0.1) is 0 Å². The summed E-state index contributed by atoms with van der Waals surface area (Å²) in [7, 11) is 1.29. The van der Waals surface area contributed by atoms with Crippen LogP contribution in [0.4, 0.5) is 0 Å². The number of ether oxygens (including phenoxy) is 2. The zero-order chi connectivity index (χ0) is 13.5. The van der Waals surface area contributed by atoms with Gasteiger partial charge in [-0.25, -0.2) is 0 Å².